The minimum atomic E-state index is -2.57. The lowest BCUT2D eigenvalue weighted by molar-refractivity contribution is -0.120. The van der Waals surface area contributed by atoms with Gasteiger partial charge in [0.25, 0.3) is 0 Å². The maximum atomic E-state index is 14.3. The molecule has 0 bridgehead atoms. The Bertz CT molecular complexity index is 730. The van der Waals surface area contributed by atoms with Gasteiger partial charge in [-0.3, -0.25) is 4.79 Å². The van der Waals surface area contributed by atoms with Crippen LogP contribution in [0.4, 0.5) is 13.2 Å². The number of hydrogen-bond donors (Lipinski definition) is 1. The Balaban J connectivity index is 1.33. The third-order valence-electron chi connectivity index (χ3n) is 5.81. The zero-order valence-corrected chi connectivity index (χ0v) is 18.2. The molecular formula is C23H32F3NO4. The lowest BCUT2D eigenvalue weighted by Crippen LogP contribution is -2.38. The fourth-order valence-electron chi connectivity index (χ4n) is 4.09. The second-order valence-electron chi connectivity index (χ2n) is 8.84. The summed E-state index contributed by atoms with van der Waals surface area (Å²) in [6, 6.07) is 4.55. The van der Waals surface area contributed by atoms with Gasteiger partial charge in [0.05, 0.1) is 32.0 Å². The molecule has 1 aromatic carbocycles. The van der Waals surface area contributed by atoms with Crippen molar-refractivity contribution in [2.75, 3.05) is 13.2 Å². The number of nitrogens with one attached hydrogen (secondary N) is 1. The molecule has 2 aliphatic carbocycles. The van der Waals surface area contributed by atoms with E-state index in [1.165, 1.54) is 13.0 Å². The van der Waals surface area contributed by atoms with E-state index in [-0.39, 0.29) is 56.1 Å². The van der Waals surface area contributed by atoms with Gasteiger partial charge in [0, 0.05) is 43.4 Å². The monoisotopic (exact) mass is 443 g/mol. The summed E-state index contributed by atoms with van der Waals surface area (Å²) in [5, 5.41) is 2.80. The largest absolute Gasteiger partial charge is 0.493 e. The predicted octanol–water partition coefficient (Wildman–Crippen LogP) is 4.62. The summed E-state index contributed by atoms with van der Waals surface area (Å²) in [5.74, 6) is -2.88. The summed E-state index contributed by atoms with van der Waals surface area (Å²) < 4.78 is 57.3. The summed E-state index contributed by atoms with van der Waals surface area (Å²) in [4.78, 5) is 11.0. The summed E-state index contributed by atoms with van der Waals surface area (Å²) >= 11 is 0. The van der Waals surface area contributed by atoms with E-state index in [1.54, 1.807) is 12.1 Å². The molecule has 31 heavy (non-hydrogen) atoms. The average molecular weight is 444 g/mol. The number of hydrogen-bond acceptors (Lipinski definition) is 4. The summed E-state index contributed by atoms with van der Waals surface area (Å²) in [6.07, 6.45) is 3.30. The Hall–Kier alpha value is -1.80. The highest BCUT2D eigenvalue weighted by Crippen LogP contribution is 2.42. The molecule has 1 atom stereocenters. The van der Waals surface area contributed by atoms with Crippen LogP contribution in [-0.2, 0) is 20.9 Å². The van der Waals surface area contributed by atoms with Crippen molar-refractivity contribution < 1.29 is 32.2 Å². The Morgan fingerprint density at radius 1 is 1.16 bits per heavy atom. The van der Waals surface area contributed by atoms with Gasteiger partial charge in [0.1, 0.15) is 11.6 Å². The highest BCUT2D eigenvalue weighted by molar-refractivity contribution is 5.73. The third kappa shape index (κ3) is 7.68. The maximum absolute atomic E-state index is 14.3. The minimum absolute atomic E-state index is 0.0175. The van der Waals surface area contributed by atoms with E-state index in [9.17, 15) is 18.0 Å². The normalized spacial score (nSPS) is 24.3. The minimum Gasteiger partial charge on any atom is -0.493 e. The van der Waals surface area contributed by atoms with E-state index >= 15 is 0 Å². The van der Waals surface area contributed by atoms with Crippen molar-refractivity contribution in [3.8, 4) is 5.75 Å². The van der Waals surface area contributed by atoms with E-state index < -0.39 is 11.7 Å². The fourth-order valence-corrected chi connectivity index (χ4v) is 4.09. The van der Waals surface area contributed by atoms with Crippen molar-refractivity contribution in [1.29, 1.82) is 0 Å². The van der Waals surface area contributed by atoms with Gasteiger partial charge in [-0.15, -0.1) is 0 Å². The van der Waals surface area contributed by atoms with Gasteiger partial charge in [0.15, 0.2) is 0 Å². The number of benzene rings is 1. The summed E-state index contributed by atoms with van der Waals surface area (Å²) in [7, 11) is 0. The van der Waals surface area contributed by atoms with Gasteiger partial charge < -0.3 is 19.5 Å². The Kier molecular flexibility index (Phi) is 8.22. The molecule has 8 heteroatoms. The van der Waals surface area contributed by atoms with Crippen molar-refractivity contribution in [2.45, 2.75) is 83.2 Å². The molecule has 0 heterocycles. The lowest BCUT2D eigenvalue weighted by atomic mass is 9.82. The second kappa shape index (κ2) is 10.7. The van der Waals surface area contributed by atoms with E-state index in [4.69, 9.17) is 14.2 Å². The van der Waals surface area contributed by atoms with Crippen LogP contribution < -0.4 is 10.1 Å². The molecule has 174 valence electrons. The molecule has 1 amide bonds. The van der Waals surface area contributed by atoms with Crippen LogP contribution in [0.15, 0.2) is 18.2 Å². The summed E-state index contributed by atoms with van der Waals surface area (Å²) in [6.45, 7) is 4.24. The van der Waals surface area contributed by atoms with Crippen molar-refractivity contribution in [2.24, 2.45) is 5.92 Å². The molecule has 2 aliphatic rings. The number of carbonyl (C=O) groups excluding carboxylic acids is 1. The highest BCUT2D eigenvalue weighted by atomic mass is 19.3. The number of rotatable bonds is 10. The average Bonchev–Trinajstić information content (AvgIpc) is 2.68. The van der Waals surface area contributed by atoms with E-state index in [2.05, 4.69) is 5.32 Å². The van der Waals surface area contributed by atoms with E-state index in [1.807, 2.05) is 6.92 Å². The van der Waals surface area contributed by atoms with Crippen LogP contribution >= 0.6 is 0 Å². The SMILES string of the molecule is CC(=O)N[C@@H](C)COC1CCC(OCc2ccc(OCC3CC(F)(F)C3)cc2F)CC1. The van der Waals surface area contributed by atoms with Crippen LogP contribution in [0.5, 0.6) is 5.75 Å². The molecule has 5 nitrogen and oxygen atoms in total. The molecule has 0 spiro atoms. The first-order valence-corrected chi connectivity index (χ1v) is 11.0. The third-order valence-corrected chi connectivity index (χ3v) is 5.81. The van der Waals surface area contributed by atoms with Crippen LogP contribution in [0, 0.1) is 11.7 Å². The van der Waals surface area contributed by atoms with E-state index in [0.717, 1.165) is 25.7 Å². The molecule has 0 aliphatic heterocycles. The molecule has 0 aromatic heterocycles. The van der Waals surface area contributed by atoms with Crippen LogP contribution in [-0.4, -0.2) is 43.3 Å². The summed E-state index contributed by atoms with van der Waals surface area (Å²) in [5.41, 5.74) is 0.449. The van der Waals surface area contributed by atoms with Crippen LogP contribution in [0.2, 0.25) is 0 Å². The van der Waals surface area contributed by atoms with Gasteiger partial charge in [-0.05, 0) is 38.7 Å². The molecule has 1 N–H and O–H groups in total. The molecule has 2 fully saturated rings. The maximum Gasteiger partial charge on any atom is 0.248 e. The number of ether oxygens (including phenoxy) is 3. The number of halogens is 3. The Morgan fingerprint density at radius 3 is 2.39 bits per heavy atom. The lowest BCUT2D eigenvalue weighted by Gasteiger charge is -2.34. The molecular weight excluding hydrogens is 411 g/mol. The molecule has 1 aromatic rings. The van der Waals surface area contributed by atoms with Gasteiger partial charge in [-0.1, -0.05) is 6.07 Å². The van der Waals surface area contributed by atoms with Crippen LogP contribution in [0.3, 0.4) is 0 Å². The molecule has 0 saturated heterocycles. The Labute approximate surface area is 181 Å². The van der Waals surface area contributed by atoms with Crippen LogP contribution in [0.1, 0.15) is 57.9 Å². The first-order valence-electron chi connectivity index (χ1n) is 11.0. The molecule has 0 unspecified atom stereocenters. The Morgan fingerprint density at radius 2 is 1.81 bits per heavy atom. The van der Waals surface area contributed by atoms with Crippen molar-refractivity contribution in [3.05, 3.63) is 29.6 Å². The van der Waals surface area contributed by atoms with Crippen molar-refractivity contribution in [3.63, 3.8) is 0 Å². The van der Waals surface area contributed by atoms with Gasteiger partial charge in [-0.2, -0.15) is 0 Å². The van der Waals surface area contributed by atoms with Crippen molar-refractivity contribution in [1.82, 2.24) is 5.32 Å². The predicted molar refractivity (Wildman–Crippen MR) is 110 cm³/mol. The standard InChI is InChI=1S/C23H32F3NO4/c1-15(27-16(2)28)12-29-19-5-7-20(8-6-19)31-14-18-3-4-21(9-22(18)24)30-13-17-10-23(25,26)11-17/h3-4,9,15,17,19-20H,5-8,10-14H2,1-2H3,(H,27,28)/t15-,19?,20?/m0/s1. The molecule has 3 rings (SSSR count). The highest BCUT2D eigenvalue weighted by Gasteiger charge is 2.45. The topological polar surface area (TPSA) is 56.8 Å². The van der Waals surface area contributed by atoms with Crippen molar-refractivity contribution >= 4 is 5.91 Å². The fraction of sp³-hybridized carbons (Fsp3) is 0.696. The zero-order chi connectivity index (χ0) is 22.4. The first kappa shape index (κ1) is 23.9. The van der Waals surface area contributed by atoms with Gasteiger partial charge >= 0.3 is 0 Å². The van der Waals surface area contributed by atoms with Gasteiger partial charge in [0.2, 0.25) is 11.8 Å². The number of carbonyl (C=O) groups is 1. The quantitative estimate of drug-likeness (QED) is 0.573. The smallest absolute Gasteiger partial charge is 0.248 e. The molecule has 2 saturated carbocycles. The number of amides is 1. The van der Waals surface area contributed by atoms with Crippen LogP contribution in [0.25, 0.3) is 0 Å². The zero-order valence-electron chi connectivity index (χ0n) is 18.2. The first-order chi connectivity index (χ1) is 14.7. The van der Waals surface area contributed by atoms with Gasteiger partial charge in [-0.25, -0.2) is 13.2 Å². The second-order valence-corrected chi connectivity index (χ2v) is 8.84. The molecule has 0 radical (unpaired) electrons. The number of alkyl halides is 2. The van der Waals surface area contributed by atoms with E-state index in [0.29, 0.717) is 17.9 Å².